The molecule has 7 nitrogen and oxygen atoms in total. The molecule has 1 aromatic carbocycles. The van der Waals surface area contributed by atoms with Crippen molar-refractivity contribution in [3.8, 4) is 0 Å². The molecule has 2 atom stereocenters. The molecule has 34 heavy (non-hydrogen) atoms. The molecule has 0 bridgehead atoms. The fourth-order valence-corrected chi connectivity index (χ4v) is 6.31. The molecule has 2 unspecified atom stereocenters. The molecular formula is C23H28ClF2N3O4S. The lowest BCUT2D eigenvalue weighted by molar-refractivity contribution is 0.0410. The number of likely N-dealkylation sites (tertiary alicyclic amines) is 1. The van der Waals surface area contributed by atoms with E-state index in [1.54, 1.807) is 22.8 Å². The third kappa shape index (κ3) is 5.23. The number of hydrogen-bond acceptors (Lipinski definition) is 4. The maximum Gasteiger partial charge on any atom is 0.320 e. The number of ether oxygens (including phenoxy) is 1. The predicted molar refractivity (Wildman–Crippen MR) is 126 cm³/mol. The van der Waals surface area contributed by atoms with Gasteiger partial charge in [-0.05, 0) is 44.4 Å². The number of nitrogens with zero attached hydrogens (tertiary/aromatic N) is 3. The lowest BCUT2D eigenvalue weighted by Gasteiger charge is -2.42. The number of hydrogen-bond donors (Lipinski definition) is 0. The molecular weight excluding hydrogens is 488 g/mol. The van der Waals surface area contributed by atoms with Crippen LogP contribution < -0.4 is 4.31 Å². The SMILES string of the molecule is CC1(Cl)C=CC(S(=O)(=O)N(c2cc(F)ccc2F)C2CCCN(C(=O)N3CCOCC3)C2)=CC1. The van der Waals surface area contributed by atoms with E-state index >= 15 is 0 Å². The second kappa shape index (κ2) is 9.83. The lowest BCUT2D eigenvalue weighted by atomic mass is 10.0. The van der Waals surface area contributed by atoms with Crippen LogP contribution in [-0.4, -0.2) is 74.6 Å². The maximum absolute atomic E-state index is 14.9. The van der Waals surface area contributed by atoms with Gasteiger partial charge in [-0.3, -0.25) is 4.31 Å². The van der Waals surface area contributed by atoms with Crippen LogP contribution in [0.15, 0.2) is 41.3 Å². The van der Waals surface area contributed by atoms with E-state index < -0.39 is 32.6 Å². The zero-order valence-corrected chi connectivity index (χ0v) is 20.5. The summed E-state index contributed by atoms with van der Waals surface area (Å²) in [4.78, 5) is 15.6. The summed E-state index contributed by atoms with van der Waals surface area (Å²) in [6.45, 7) is 4.07. The first-order chi connectivity index (χ1) is 16.1. The summed E-state index contributed by atoms with van der Waals surface area (Å²) < 4.78 is 62.9. The second-order valence-corrected chi connectivity index (χ2v) is 11.6. The number of urea groups is 1. The van der Waals surface area contributed by atoms with Gasteiger partial charge in [-0.25, -0.2) is 22.0 Å². The van der Waals surface area contributed by atoms with Gasteiger partial charge in [0.05, 0.1) is 34.7 Å². The van der Waals surface area contributed by atoms with Gasteiger partial charge in [0, 0.05) is 32.2 Å². The zero-order chi connectivity index (χ0) is 24.5. The van der Waals surface area contributed by atoms with Crippen LogP contribution in [0.4, 0.5) is 19.3 Å². The fraction of sp³-hybridized carbons (Fsp3) is 0.522. The Kier molecular flexibility index (Phi) is 7.21. The highest BCUT2D eigenvalue weighted by Crippen LogP contribution is 2.35. The minimum Gasteiger partial charge on any atom is -0.378 e. The quantitative estimate of drug-likeness (QED) is 0.571. The normalized spacial score (nSPS) is 25.8. The summed E-state index contributed by atoms with van der Waals surface area (Å²) >= 11 is 6.30. The highest BCUT2D eigenvalue weighted by Gasteiger charge is 2.39. The van der Waals surface area contributed by atoms with E-state index in [0.717, 1.165) is 22.5 Å². The minimum absolute atomic E-state index is 0.0362. The minimum atomic E-state index is -4.27. The lowest BCUT2D eigenvalue weighted by Crippen LogP contribution is -2.56. The van der Waals surface area contributed by atoms with Gasteiger partial charge in [-0.15, -0.1) is 11.6 Å². The molecule has 0 radical (unpaired) electrons. The molecule has 2 aliphatic heterocycles. The number of allylic oxidation sites excluding steroid dienone is 3. The Morgan fingerprint density at radius 2 is 1.94 bits per heavy atom. The summed E-state index contributed by atoms with van der Waals surface area (Å²) in [6, 6.07) is 1.76. The number of carbonyl (C=O) groups is 1. The van der Waals surface area contributed by atoms with Gasteiger partial charge in [0.25, 0.3) is 10.0 Å². The molecule has 0 aromatic heterocycles. The van der Waals surface area contributed by atoms with E-state index in [0.29, 0.717) is 45.7 Å². The first-order valence-corrected chi connectivity index (χ1v) is 13.1. The number of alkyl halides is 1. The summed E-state index contributed by atoms with van der Waals surface area (Å²) in [7, 11) is -4.27. The van der Waals surface area contributed by atoms with Crippen LogP contribution in [0.5, 0.6) is 0 Å². The van der Waals surface area contributed by atoms with Crippen molar-refractivity contribution in [3.63, 3.8) is 0 Å². The second-order valence-electron chi connectivity index (χ2n) is 8.94. The van der Waals surface area contributed by atoms with Gasteiger partial charge in [-0.2, -0.15) is 0 Å². The first kappa shape index (κ1) is 24.9. The van der Waals surface area contributed by atoms with Gasteiger partial charge in [-0.1, -0.05) is 12.2 Å². The molecule has 1 aliphatic carbocycles. The van der Waals surface area contributed by atoms with Crippen molar-refractivity contribution < 1.29 is 26.7 Å². The number of sulfonamides is 1. The average molecular weight is 516 g/mol. The van der Waals surface area contributed by atoms with Gasteiger partial charge in [0.1, 0.15) is 11.6 Å². The number of morpholine rings is 1. The molecule has 3 aliphatic rings. The number of amides is 2. The molecule has 0 spiro atoms. The smallest absolute Gasteiger partial charge is 0.320 e. The first-order valence-electron chi connectivity index (χ1n) is 11.3. The summed E-state index contributed by atoms with van der Waals surface area (Å²) in [5.74, 6) is -1.61. The van der Waals surface area contributed by atoms with E-state index in [-0.39, 0.29) is 29.6 Å². The number of piperidine rings is 1. The Labute approximate surface area is 203 Å². The van der Waals surface area contributed by atoms with Crippen molar-refractivity contribution in [1.29, 1.82) is 0 Å². The van der Waals surface area contributed by atoms with Crippen molar-refractivity contribution in [1.82, 2.24) is 9.80 Å². The zero-order valence-electron chi connectivity index (χ0n) is 18.9. The van der Waals surface area contributed by atoms with Gasteiger partial charge in [0.2, 0.25) is 0 Å². The summed E-state index contributed by atoms with van der Waals surface area (Å²) in [6.07, 6.45) is 5.66. The Balaban J connectivity index is 1.68. The third-order valence-corrected chi connectivity index (χ3v) is 8.47. The van der Waals surface area contributed by atoms with Crippen molar-refractivity contribution in [2.24, 2.45) is 0 Å². The number of anilines is 1. The molecule has 186 valence electrons. The molecule has 2 saturated heterocycles. The Hall–Kier alpha value is -2.17. The Morgan fingerprint density at radius 3 is 2.62 bits per heavy atom. The van der Waals surface area contributed by atoms with Crippen molar-refractivity contribution >= 4 is 33.3 Å². The highest BCUT2D eigenvalue weighted by molar-refractivity contribution is 7.96. The van der Waals surface area contributed by atoms with E-state index in [4.69, 9.17) is 16.3 Å². The molecule has 0 saturated carbocycles. The Morgan fingerprint density at radius 1 is 1.21 bits per heavy atom. The summed E-state index contributed by atoms with van der Waals surface area (Å²) in [5, 5.41) is 0. The van der Waals surface area contributed by atoms with Crippen LogP contribution in [0.2, 0.25) is 0 Å². The van der Waals surface area contributed by atoms with Crippen LogP contribution in [0.1, 0.15) is 26.2 Å². The van der Waals surface area contributed by atoms with Crippen LogP contribution in [-0.2, 0) is 14.8 Å². The standard InChI is InChI=1S/C23H28ClF2N3O4S/c1-23(24)8-6-19(7-9-23)34(31,32)29(21-15-17(25)4-5-20(21)26)18-3-2-10-28(16-18)22(30)27-11-13-33-14-12-27/h4-8,15,18H,2-3,9-14,16H2,1H3. The van der Waals surface area contributed by atoms with E-state index in [2.05, 4.69) is 0 Å². The molecule has 0 N–H and O–H groups in total. The number of benzene rings is 1. The van der Waals surface area contributed by atoms with E-state index in [1.165, 1.54) is 12.2 Å². The molecule has 11 heteroatoms. The highest BCUT2D eigenvalue weighted by atomic mass is 35.5. The third-order valence-electron chi connectivity index (χ3n) is 6.28. The van der Waals surface area contributed by atoms with Crippen molar-refractivity contribution in [3.05, 3.63) is 53.0 Å². The van der Waals surface area contributed by atoms with Gasteiger partial charge < -0.3 is 14.5 Å². The number of halogens is 3. The fourth-order valence-electron chi connectivity index (χ4n) is 4.45. The topological polar surface area (TPSA) is 70.2 Å². The molecule has 4 rings (SSSR count). The molecule has 2 heterocycles. The van der Waals surface area contributed by atoms with Gasteiger partial charge in [0.15, 0.2) is 0 Å². The van der Waals surface area contributed by atoms with Crippen molar-refractivity contribution in [2.45, 2.75) is 37.1 Å². The van der Waals surface area contributed by atoms with Crippen LogP contribution in [0, 0.1) is 11.6 Å². The maximum atomic E-state index is 14.9. The monoisotopic (exact) mass is 515 g/mol. The van der Waals surface area contributed by atoms with Crippen LogP contribution in [0.25, 0.3) is 0 Å². The largest absolute Gasteiger partial charge is 0.378 e. The molecule has 2 amide bonds. The predicted octanol–water partition coefficient (Wildman–Crippen LogP) is 3.86. The Bertz CT molecular complexity index is 1100. The van der Waals surface area contributed by atoms with E-state index in [1.807, 2.05) is 0 Å². The summed E-state index contributed by atoms with van der Waals surface area (Å²) in [5.41, 5.74) is -0.376. The molecule has 2 fully saturated rings. The number of carbonyl (C=O) groups excluding carboxylic acids is 1. The van der Waals surface area contributed by atoms with Crippen LogP contribution in [0.3, 0.4) is 0 Å². The number of rotatable bonds is 4. The van der Waals surface area contributed by atoms with Crippen molar-refractivity contribution in [2.75, 3.05) is 43.7 Å². The van der Waals surface area contributed by atoms with Gasteiger partial charge >= 0.3 is 6.03 Å². The average Bonchev–Trinajstić information content (AvgIpc) is 2.81. The van der Waals surface area contributed by atoms with E-state index in [9.17, 15) is 22.0 Å². The van der Waals surface area contributed by atoms with Crippen LogP contribution >= 0.6 is 11.6 Å². The molecule has 1 aromatic rings.